The van der Waals surface area contributed by atoms with Crippen LogP contribution in [0.4, 0.5) is 0 Å². The summed E-state index contributed by atoms with van der Waals surface area (Å²) in [6.45, 7) is 3.34. The largest absolute Gasteiger partial charge is 0.457 e. The average Bonchev–Trinajstić information content (AvgIpc) is 2.96. The molecule has 0 radical (unpaired) electrons. The van der Waals surface area contributed by atoms with Crippen molar-refractivity contribution >= 4 is 17.5 Å². The zero-order valence-electron chi connectivity index (χ0n) is 14.0. The number of carbonyl (C=O) groups excluding carboxylic acids is 1. The summed E-state index contributed by atoms with van der Waals surface area (Å²) in [4.78, 5) is 14.9. The Kier molecular flexibility index (Phi) is 4.64. The van der Waals surface area contributed by atoms with Crippen molar-refractivity contribution in [2.45, 2.75) is 18.9 Å². The third-order valence-corrected chi connectivity index (χ3v) is 5.22. The summed E-state index contributed by atoms with van der Waals surface area (Å²) >= 11 is 5.87. The van der Waals surface area contributed by atoms with Gasteiger partial charge in [0, 0.05) is 29.7 Å². The van der Waals surface area contributed by atoms with Gasteiger partial charge < -0.3 is 15.0 Å². The van der Waals surface area contributed by atoms with E-state index in [1.165, 1.54) is 19.5 Å². The molecule has 2 aliphatic heterocycles. The van der Waals surface area contributed by atoms with Crippen LogP contribution < -0.4 is 10.1 Å². The Bertz CT molecular complexity index is 733. The highest BCUT2D eigenvalue weighted by Gasteiger charge is 2.32. The number of halogens is 1. The van der Waals surface area contributed by atoms with Gasteiger partial charge in [-0.25, -0.2) is 0 Å². The third kappa shape index (κ3) is 3.97. The lowest BCUT2D eigenvalue weighted by atomic mass is 9.96. The molecule has 2 saturated heterocycles. The second-order valence-electron chi connectivity index (χ2n) is 6.90. The maximum absolute atomic E-state index is 12.5. The molecule has 130 valence electrons. The standard InChI is InChI=1S/C20H21ClN2O2/c21-16-3-7-19(8-4-16)25-18-5-1-15(2-6-18)20(24)22-17-11-14-9-10-23(12-14)13-17/h1-8,14,17H,9-13H2,(H,22,24). The summed E-state index contributed by atoms with van der Waals surface area (Å²) in [5, 5.41) is 3.85. The fraction of sp³-hybridized carbons (Fsp3) is 0.350. The van der Waals surface area contributed by atoms with E-state index >= 15 is 0 Å². The molecule has 2 bridgehead atoms. The number of hydrogen-bond donors (Lipinski definition) is 1. The van der Waals surface area contributed by atoms with Gasteiger partial charge in [0.05, 0.1) is 0 Å². The fourth-order valence-electron chi connectivity index (χ4n) is 3.75. The Morgan fingerprint density at radius 3 is 2.40 bits per heavy atom. The van der Waals surface area contributed by atoms with E-state index < -0.39 is 0 Å². The molecule has 1 amide bonds. The number of nitrogens with one attached hydrogen (secondary N) is 1. The molecule has 25 heavy (non-hydrogen) atoms. The van der Waals surface area contributed by atoms with Crippen LogP contribution in [0.25, 0.3) is 0 Å². The normalized spacial score (nSPS) is 24.8. The average molecular weight is 357 g/mol. The highest BCUT2D eigenvalue weighted by molar-refractivity contribution is 6.30. The maximum atomic E-state index is 12.5. The molecule has 0 saturated carbocycles. The van der Waals surface area contributed by atoms with E-state index in [2.05, 4.69) is 10.2 Å². The van der Waals surface area contributed by atoms with Gasteiger partial charge in [0.15, 0.2) is 0 Å². The molecule has 1 N–H and O–H groups in total. The van der Waals surface area contributed by atoms with Crippen molar-refractivity contribution in [2.75, 3.05) is 19.6 Å². The summed E-state index contributed by atoms with van der Waals surface area (Å²) in [5.74, 6) is 2.15. The van der Waals surface area contributed by atoms with Crippen LogP contribution in [0.5, 0.6) is 11.5 Å². The number of carbonyl (C=O) groups is 1. The summed E-state index contributed by atoms with van der Waals surface area (Å²) in [6.07, 6.45) is 2.36. The number of ether oxygens (including phenoxy) is 1. The van der Waals surface area contributed by atoms with Crippen LogP contribution in [0.3, 0.4) is 0 Å². The van der Waals surface area contributed by atoms with Crippen molar-refractivity contribution < 1.29 is 9.53 Å². The molecule has 3 atom stereocenters. The van der Waals surface area contributed by atoms with Crippen molar-refractivity contribution in [3.05, 3.63) is 59.1 Å². The van der Waals surface area contributed by atoms with E-state index in [4.69, 9.17) is 16.3 Å². The second kappa shape index (κ2) is 7.06. The van der Waals surface area contributed by atoms with E-state index in [1.807, 2.05) is 24.3 Å². The summed E-state index contributed by atoms with van der Waals surface area (Å²) in [6, 6.07) is 14.7. The van der Waals surface area contributed by atoms with Gasteiger partial charge in [0.2, 0.25) is 0 Å². The predicted molar refractivity (Wildman–Crippen MR) is 98.4 cm³/mol. The number of nitrogens with zero attached hydrogens (tertiary/aromatic N) is 1. The lowest BCUT2D eigenvalue weighted by Gasteiger charge is -2.30. The molecule has 4 nitrogen and oxygen atoms in total. The predicted octanol–water partition coefficient (Wildman–Crippen LogP) is 3.96. The first-order valence-corrected chi connectivity index (χ1v) is 9.10. The van der Waals surface area contributed by atoms with Gasteiger partial charge in [-0.15, -0.1) is 0 Å². The van der Waals surface area contributed by atoms with Crippen LogP contribution in [0, 0.1) is 5.92 Å². The van der Waals surface area contributed by atoms with Crippen molar-refractivity contribution in [3.8, 4) is 11.5 Å². The number of rotatable bonds is 4. The minimum atomic E-state index is -0.00876. The van der Waals surface area contributed by atoms with E-state index in [1.54, 1.807) is 24.3 Å². The monoisotopic (exact) mass is 356 g/mol. The second-order valence-corrected chi connectivity index (χ2v) is 7.34. The van der Waals surface area contributed by atoms with Crippen molar-refractivity contribution in [1.29, 1.82) is 0 Å². The van der Waals surface area contributed by atoms with Gasteiger partial charge in [-0.1, -0.05) is 11.6 Å². The Morgan fingerprint density at radius 1 is 1.04 bits per heavy atom. The Balaban J connectivity index is 1.36. The first kappa shape index (κ1) is 16.4. The summed E-state index contributed by atoms with van der Waals surface area (Å²) in [7, 11) is 0. The van der Waals surface area contributed by atoms with Crippen LogP contribution in [-0.2, 0) is 0 Å². The van der Waals surface area contributed by atoms with Crippen LogP contribution in [0.1, 0.15) is 23.2 Å². The minimum absolute atomic E-state index is 0.00876. The third-order valence-electron chi connectivity index (χ3n) is 4.97. The zero-order valence-corrected chi connectivity index (χ0v) is 14.7. The van der Waals surface area contributed by atoms with E-state index in [9.17, 15) is 4.79 Å². The molecule has 2 aromatic rings. The van der Waals surface area contributed by atoms with Crippen molar-refractivity contribution in [1.82, 2.24) is 10.2 Å². The van der Waals surface area contributed by atoms with Gasteiger partial charge >= 0.3 is 0 Å². The molecule has 2 heterocycles. The number of hydrogen-bond acceptors (Lipinski definition) is 3. The van der Waals surface area contributed by atoms with E-state index in [0.717, 1.165) is 18.9 Å². The van der Waals surface area contributed by atoms with Crippen molar-refractivity contribution in [3.63, 3.8) is 0 Å². The molecule has 0 aromatic heterocycles. The van der Waals surface area contributed by atoms with Gasteiger partial charge in [0.1, 0.15) is 11.5 Å². The van der Waals surface area contributed by atoms with Gasteiger partial charge in [-0.2, -0.15) is 0 Å². The molecule has 2 aromatic carbocycles. The smallest absolute Gasteiger partial charge is 0.251 e. The van der Waals surface area contributed by atoms with Gasteiger partial charge in [0.25, 0.3) is 5.91 Å². The quantitative estimate of drug-likeness (QED) is 0.901. The van der Waals surface area contributed by atoms with E-state index in [-0.39, 0.29) is 11.9 Å². The number of amides is 1. The topological polar surface area (TPSA) is 41.6 Å². The SMILES string of the molecule is O=C(NC1CC2CCN(C2)C1)c1ccc(Oc2ccc(Cl)cc2)cc1. The Hall–Kier alpha value is -2.04. The van der Waals surface area contributed by atoms with Crippen LogP contribution in [0.2, 0.25) is 5.02 Å². The molecule has 0 spiro atoms. The zero-order chi connectivity index (χ0) is 17.2. The molecule has 5 heteroatoms. The summed E-state index contributed by atoms with van der Waals surface area (Å²) < 4.78 is 5.76. The first-order valence-electron chi connectivity index (χ1n) is 8.72. The molecule has 4 rings (SSSR count). The first-order chi connectivity index (χ1) is 12.2. The molecule has 3 unspecified atom stereocenters. The van der Waals surface area contributed by atoms with Crippen LogP contribution >= 0.6 is 11.6 Å². The maximum Gasteiger partial charge on any atom is 0.251 e. The molecule has 0 aliphatic carbocycles. The number of fused-ring (bicyclic) bond motifs is 2. The molecular weight excluding hydrogens is 336 g/mol. The Morgan fingerprint density at radius 2 is 1.72 bits per heavy atom. The van der Waals surface area contributed by atoms with Gasteiger partial charge in [-0.05, 0) is 73.8 Å². The number of benzene rings is 2. The highest BCUT2D eigenvalue weighted by Crippen LogP contribution is 2.27. The molecular formula is C20H21ClN2O2. The highest BCUT2D eigenvalue weighted by atomic mass is 35.5. The van der Waals surface area contributed by atoms with Crippen molar-refractivity contribution in [2.24, 2.45) is 5.92 Å². The lowest BCUT2D eigenvalue weighted by molar-refractivity contribution is 0.0909. The molecule has 2 fully saturated rings. The fourth-order valence-corrected chi connectivity index (χ4v) is 3.87. The van der Waals surface area contributed by atoms with Crippen LogP contribution in [0.15, 0.2) is 48.5 Å². The van der Waals surface area contributed by atoms with E-state index in [0.29, 0.717) is 22.1 Å². The number of piperidine rings is 1. The minimum Gasteiger partial charge on any atom is -0.457 e. The van der Waals surface area contributed by atoms with Gasteiger partial charge in [-0.3, -0.25) is 4.79 Å². The van der Waals surface area contributed by atoms with Crippen LogP contribution in [-0.4, -0.2) is 36.5 Å². The lowest BCUT2D eigenvalue weighted by Crippen LogP contribution is -2.46. The summed E-state index contributed by atoms with van der Waals surface area (Å²) in [5.41, 5.74) is 0.663. The molecule has 2 aliphatic rings. The Labute approximate surface area is 152 Å².